The van der Waals surface area contributed by atoms with Gasteiger partial charge in [0.05, 0.1) is 16.8 Å². The SMILES string of the molecule is N/C(=C\O)C1=C(/C(O)=C/S(=O)(=O)O)C(=O)c2ccccc2C1=O. The Bertz CT molecular complexity index is 907. The van der Waals surface area contributed by atoms with Crippen molar-refractivity contribution in [3.05, 3.63) is 69.7 Å². The van der Waals surface area contributed by atoms with Crippen LogP contribution in [0.25, 0.3) is 0 Å². The summed E-state index contributed by atoms with van der Waals surface area (Å²) in [6, 6.07) is 5.63. The van der Waals surface area contributed by atoms with Crippen molar-refractivity contribution in [1.29, 1.82) is 0 Å². The molecule has 9 heteroatoms. The van der Waals surface area contributed by atoms with Crippen LogP contribution < -0.4 is 5.73 Å². The van der Waals surface area contributed by atoms with E-state index in [-0.39, 0.29) is 16.5 Å². The van der Waals surface area contributed by atoms with Gasteiger partial charge in [-0.15, -0.1) is 0 Å². The van der Waals surface area contributed by atoms with Gasteiger partial charge in [-0.05, 0) is 0 Å². The van der Waals surface area contributed by atoms with Crippen molar-refractivity contribution >= 4 is 21.7 Å². The molecule has 0 saturated carbocycles. The summed E-state index contributed by atoms with van der Waals surface area (Å²) < 4.78 is 30.5. The van der Waals surface area contributed by atoms with Gasteiger partial charge >= 0.3 is 0 Å². The number of Topliss-reactive ketones (excluding diaryl/α,β-unsaturated/α-hetero) is 2. The van der Waals surface area contributed by atoms with E-state index >= 15 is 0 Å². The smallest absolute Gasteiger partial charge is 0.291 e. The molecule has 8 nitrogen and oxygen atoms in total. The zero-order chi connectivity index (χ0) is 17.4. The van der Waals surface area contributed by atoms with Gasteiger partial charge in [-0.3, -0.25) is 14.1 Å². The normalized spacial score (nSPS) is 16.6. The summed E-state index contributed by atoms with van der Waals surface area (Å²) in [6.07, 6.45) is 0.342. The maximum absolute atomic E-state index is 12.5. The minimum Gasteiger partial charge on any atom is -0.513 e. The minimum absolute atomic E-state index is 0.00605. The highest BCUT2D eigenvalue weighted by atomic mass is 32.2. The fourth-order valence-electron chi connectivity index (χ4n) is 2.16. The highest BCUT2D eigenvalue weighted by molar-refractivity contribution is 7.88. The van der Waals surface area contributed by atoms with Gasteiger partial charge in [0.2, 0.25) is 0 Å². The molecule has 0 aliphatic heterocycles. The minimum atomic E-state index is -4.78. The first kappa shape index (κ1) is 16.5. The Morgan fingerprint density at radius 1 is 1.04 bits per heavy atom. The first-order valence-corrected chi connectivity index (χ1v) is 7.59. The van der Waals surface area contributed by atoms with Crippen LogP contribution in [0.2, 0.25) is 0 Å². The van der Waals surface area contributed by atoms with Crippen molar-refractivity contribution in [3.8, 4) is 0 Å². The van der Waals surface area contributed by atoms with E-state index < -0.39 is 44.3 Å². The molecule has 1 aromatic carbocycles. The number of hydrogen-bond acceptors (Lipinski definition) is 7. The lowest BCUT2D eigenvalue weighted by atomic mass is 9.82. The molecule has 0 atom stereocenters. The second kappa shape index (κ2) is 5.71. The number of aliphatic hydroxyl groups excluding tert-OH is 2. The van der Waals surface area contributed by atoms with Crippen LogP contribution in [0, 0.1) is 0 Å². The Morgan fingerprint density at radius 3 is 1.96 bits per heavy atom. The average molecular weight is 337 g/mol. The van der Waals surface area contributed by atoms with Gasteiger partial charge in [0.15, 0.2) is 11.6 Å². The fourth-order valence-corrected chi connectivity index (χ4v) is 2.56. The maximum Gasteiger partial charge on any atom is 0.291 e. The lowest BCUT2D eigenvalue weighted by Crippen LogP contribution is -2.26. The molecule has 0 heterocycles. The van der Waals surface area contributed by atoms with Crippen LogP contribution in [0.15, 0.2) is 58.5 Å². The van der Waals surface area contributed by atoms with E-state index in [0.29, 0.717) is 6.26 Å². The van der Waals surface area contributed by atoms with Gasteiger partial charge in [-0.25, -0.2) is 0 Å². The molecule has 0 fully saturated rings. The van der Waals surface area contributed by atoms with Crippen LogP contribution in [0.1, 0.15) is 20.7 Å². The molecule has 1 aromatic rings. The van der Waals surface area contributed by atoms with Crippen molar-refractivity contribution in [2.24, 2.45) is 5.73 Å². The number of carbonyl (C=O) groups is 2. The molecule has 0 aromatic heterocycles. The zero-order valence-corrected chi connectivity index (χ0v) is 12.2. The predicted molar refractivity (Wildman–Crippen MR) is 79.3 cm³/mol. The summed E-state index contributed by atoms with van der Waals surface area (Å²) in [6.45, 7) is 0. The third-order valence-electron chi connectivity index (χ3n) is 3.06. The van der Waals surface area contributed by atoms with Crippen LogP contribution in [0.4, 0.5) is 0 Å². The molecule has 23 heavy (non-hydrogen) atoms. The Labute approximate surface area is 130 Å². The molecule has 0 bridgehead atoms. The van der Waals surface area contributed by atoms with Crippen molar-refractivity contribution in [1.82, 2.24) is 0 Å². The molecule has 120 valence electrons. The van der Waals surface area contributed by atoms with E-state index in [1.807, 2.05) is 0 Å². The molecular formula is C14H11NO7S. The molecule has 1 aliphatic rings. The highest BCUT2D eigenvalue weighted by Gasteiger charge is 2.35. The van der Waals surface area contributed by atoms with Crippen LogP contribution in [-0.4, -0.2) is 34.8 Å². The van der Waals surface area contributed by atoms with Crippen molar-refractivity contribution in [2.45, 2.75) is 0 Å². The van der Waals surface area contributed by atoms with E-state index in [4.69, 9.17) is 15.4 Å². The van der Waals surface area contributed by atoms with Crippen LogP contribution in [0.5, 0.6) is 0 Å². The van der Waals surface area contributed by atoms with Gasteiger partial charge < -0.3 is 15.9 Å². The number of ketones is 2. The summed E-state index contributed by atoms with van der Waals surface area (Å²) in [4.78, 5) is 24.9. The standard InChI is InChI=1S/C14H11NO7S/c15-9(5-16)11-12(10(17)6-23(20,21)22)14(19)8-4-2-1-3-7(8)13(11)18/h1-6,16-17H,15H2,(H,20,21,22)/b9-5-,10-6-. The molecular weight excluding hydrogens is 326 g/mol. The summed E-state index contributed by atoms with van der Waals surface area (Å²) in [7, 11) is -4.78. The Hall–Kier alpha value is -2.91. The van der Waals surface area contributed by atoms with Crippen LogP contribution in [-0.2, 0) is 10.1 Å². The fraction of sp³-hybridized carbons (Fsp3) is 0. The number of hydrogen-bond donors (Lipinski definition) is 4. The third-order valence-corrected chi connectivity index (χ3v) is 3.59. The van der Waals surface area contributed by atoms with E-state index in [2.05, 4.69) is 0 Å². The monoisotopic (exact) mass is 337 g/mol. The lowest BCUT2D eigenvalue weighted by Gasteiger charge is -2.20. The topological polar surface area (TPSA) is 155 Å². The molecule has 0 radical (unpaired) electrons. The summed E-state index contributed by atoms with van der Waals surface area (Å²) in [5.41, 5.74) is 3.57. The Balaban J connectivity index is 2.84. The molecule has 5 N–H and O–H groups in total. The maximum atomic E-state index is 12.5. The number of nitrogens with two attached hydrogens (primary N) is 1. The lowest BCUT2D eigenvalue weighted by molar-refractivity contribution is 0.0973. The van der Waals surface area contributed by atoms with E-state index in [1.165, 1.54) is 24.3 Å². The van der Waals surface area contributed by atoms with Crippen molar-refractivity contribution < 1.29 is 32.8 Å². The molecule has 0 amide bonds. The number of benzene rings is 1. The molecule has 0 spiro atoms. The molecule has 2 rings (SSSR count). The van der Waals surface area contributed by atoms with Crippen LogP contribution >= 0.6 is 0 Å². The van der Waals surface area contributed by atoms with Crippen molar-refractivity contribution in [2.75, 3.05) is 0 Å². The number of allylic oxidation sites excluding steroid dienone is 2. The Morgan fingerprint density at radius 2 is 1.52 bits per heavy atom. The van der Waals surface area contributed by atoms with E-state index in [9.17, 15) is 23.1 Å². The predicted octanol–water partition coefficient (Wildman–Crippen LogP) is 1.01. The second-order valence-corrected chi connectivity index (χ2v) is 5.82. The third kappa shape index (κ3) is 3.00. The quantitative estimate of drug-likeness (QED) is 0.470. The number of rotatable bonds is 3. The average Bonchev–Trinajstić information content (AvgIpc) is 2.48. The largest absolute Gasteiger partial charge is 0.513 e. The number of carbonyl (C=O) groups excluding carboxylic acids is 2. The summed E-state index contributed by atoms with van der Waals surface area (Å²) in [5.74, 6) is -2.83. The van der Waals surface area contributed by atoms with E-state index in [0.717, 1.165) is 0 Å². The van der Waals surface area contributed by atoms with E-state index in [1.54, 1.807) is 0 Å². The van der Waals surface area contributed by atoms with Gasteiger partial charge in [0.25, 0.3) is 10.1 Å². The number of fused-ring (bicyclic) bond motifs is 1. The molecule has 0 unspecified atom stereocenters. The second-order valence-electron chi connectivity index (χ2n) is 4.56. The highest BCUT2D eigenvalue weighted by Crippen LogP contribution is 2.32. The summed E-state index contributed by atoms with van der Waals surface area (Å²) >= 11 is 0. The number of aliphatic hydroxyl groups is 2. The van der Waals surface area contributed by atoms with Gasteiger partial charge in [-0.2, -0.15) is 8.42 Å². The molecule has 1 aliphatic carbocycles. The summed E-state index contributed by atoms with van der Waals surface area (Å²) in [5, 5.41) is 18.9. The van der Waals surface area contributed by atoms with Crippen LogP contribution in [0.3, 0.4) is 0 Å². The van der Waals surface area contributed by atoms with Crippen molar-refractivity contribution in [3.63, 3.8) is 0 Å². The van der Waals surface area contributed by atoms with Gasteiger partial charge in [0, 0.05) is 11.1 Å². The zero-order valence-electron chi connectivity index (χ0n) is 11.4. The first-order chi connectivity index (χ1) is 10.7. The van der Waals surface area contributed by atoms with Gasteiger partial charge in [-0.1, -0.05) is 24.3 Å². The Kier molecular flexibility index (Phi) is 4.08. The molecule has 0 saturated heterocycles. The first-order valence-electron chi connectivity index (χ1n) is 6.09. The van der Waals surface area contributed by atoms with Gasteiger partial charge in [0.1, 0.15) is 17.4 Å².